The fourth-order valence-corrected chi connectivity index (χ4v) is 3.34. The van der Waals surface area contributed by atoms with Crippen LogP contribution in [0.5, 0.6) is 11.5 Å². The van der Waals surface area contributed by atoms with E-state index < -0.39 is 10.0 Å². The van der Waals surface area contributed by atoms with Gasteiger partial charge in [0.15, 0.2) is 6.61 Å². The van der Waals surface area contributed by atoms with Gasteiger partial charge in [-0.3, -0.25) is 4.79 Å². The first kappa shape index (κ1) is 21.0. The van der Waals surface area contributed by atoms with Crippen molar-refractivity contribution in [1.29, 1.82) is 0 Å². The minimum atomic E-state index is -3.59. The Morgan fingerprint density at radius 2 is 1.78 bits per heavy atom. The molecule has 1 N–H and O–H groups in total. The van der Waals surface area contributed by atoms with Crippen molar-refractivity contribution in [2.24, 2.45) is 0 Å². The van der Waals surface area contributed by atoms with Crippen molar-refractivity contribution in [2.75, 3.05) is 32.6 Å². The SMILES string of the molecule is CCOc1ccc(NC(=O)COc2ccc(S(=O)(=O)N(C)C)cc2Cl)cc1. The molecule has 9 heteroatoms. The molecule has 0 saturated heterocycles. The normalized spacial score (nSPS) is 11.3. The van der Waals surface area contributed by atoms with E-state index in [4.69, 9.17) is 21.1 Å². The lowest BCUT2D eigenvalue weighted by atomic mass is 10.3. The Morgan fingerprint density at radius 3 is 2.33 bits per heavy atom. The van der Waals surface area contributed by atoms with Crippen molar-refractivity contribution >= 4 is 33.2 Å². The molecule has 0 bridgehead atoms. The van der Waals surface area contributed by atoms with Gasteiger partial charge in [-0.05, 0) is 49.4 Å². The van der Waals surface area contributed by atoms with Gasteiger partial charge in [0, 0.05) is 19.8 Å². The Labute approximate surface area is 163 Å². The third kappa shape index (κ3) is 5.59. The van der Waals surface area contributed by atoms with Crippen molar-refractivity contribution in [3.8, 4) is 11.5 Å². The van der Waals surface area contributed by atoms with E-state index in [-0.39, 0.29) is 28.2 Å². The zero-order chi connectivity index (χ0) is 20.0. The molecule has 0 radical (unpaired) electrons. The fraction of sp³-hybridized carbons (Fsp3) is 0.278. The molecule has 0 atom stereocenters. The third-order valence-electron chi connectivity index (χ3n) is 3.49. The average molecular weight is 413 g/mol. The summed E-state index contributed by atoms with van der Waals surface area (Å²) < 4.78 is 36.0. The highest BCUT2D eigenvalue weighted by atomic mass is 35.5. The Morgan fingerprint density at radius 1 is 1.11 bits per heavy atom. The molecule has 2 aromatic rings. The van der Waals surface area contributed by atoms with E-state index in [1.165, 1.54) is 32.3 Å². The number of hydrogen-bond donors (Lipinski definition) is 1. The minimum absolute atomic E-state index is 0.0451. The zero-order valence-corrected chi connectivity index (χ0v) is 16.8. The second-order valence-corrected chi connectivity index (χ2v) is 8.23. The van der Waals surface area contributed by atoms with Gasteiger partial charge in [0.2, 0.25) is 10.0 Å². The Kier molecular flexibility index (Phi) is 7.06. The zero-order valence-electron chi connectivity index (χ0n) is 15.2. The Balaban J connectivity index is 1.97. The minimum Gasteiger partial charge on any atom is -0.494 e. The summed E-state index contributed by atoms with van der Waals surface area (Å²) in [4.78, 5) is 12.1. The maximum Gasteiger partial charge on any atom is 0.262 e. The highest BCUT2D eigenvalue weighted by molar-refractivity contribution is 7.89. The number of carbonyl (C=O) groups excluding carboxylic acids is 1. The van der Waals surface area contributed by atoms with Crippen molar-refractivity contribution in [3.05, 3.63) is 47.5 Å². The van der Waals surface area contributed by atoms with Crippen LogP contribution in [0.2, 0.25) is 5.02 Å². The van der Waals surface area contributed by atoms with E-state index in [0.717, 1.165) is 4.31 Å². The predicted octanol–water partition coefficient (Wildman–Crippen LogP) is 3.01. The smallest absolute Gasteiger partial charge is 0.262 e. The monoisotopic (exact) mass is 412 g/mol. The van der Waals surface area contributed by atoms with Crippen LogP contribution >= 0.6 is 11.6 Å². The van der Waals surface area contributed by atoms with E-state index >= 15 is 0 Å². The summed E-state index contributed by atoms with van der Waals surface area (Å²) in [6.07, 6.45) is 0. The first-order valence-corrected chi connectivity index (χ1v) is 9.93. The summed E-state index contributed by atoms with van der Waals surface area (Å²) in [6, 6.07) is 11.0. The lowest BCUT2D eigenvalue weighted by molar-refractivity contribution is -0.118. The number of halogens is 1. The van der Waals surface area contributed by atoms with Crippen LogP contribution in [-0.4, -0.2) is 45.9 Å². The number of anilines is 1. The van der Waals surface area contributed by atoms with Crippen molar-refractivity contribution < 1.29 is 22.7 Å². The highest BCUT2D eigenvalue weighted by Crippen LogP contribution is 2.28. The van der Waals surface area contributed by atoms with E-state index in [1.54, 1.807) is 24.3 Å². The van der Waals surface area contributed by atoms with Gasteiger partial charge in [0.1, 0.15) is 11.5 Å². The first-order chi connectivity index (χ1) is 12.7. The van der Waals surface area contributed by atoms with Crippen molar-refractivity contribution in [2.45, 2.75) is 11.8 Å². The quantitative estimate of drug-likeness (QED) is 0.720. The average Bonchev–Trinajstić information content (AvgIpc) is 2.62. The molecule has 0 aliphatic carbocycles. The molecule has 0 aromatic heterocycles. The molecule has 0 fully saturated rings. The van der Waals surface area contributed by atoms with E-state index in [2.05, 4.69) is 5.32 Å². The molecule has 0 aliphatic heterocycles. The topological polar surface area (TPSA) is 84.9 Å². The molecule has 0 heterocycles. The van der Waals surface area contributed by atoms with Crippen molar-refractivity contribution in [1.82, 2.24) is 4.31 Å². The summed E-state index contributed by atoms with van der Waals surface area (Å²) in [5, 5.41) is 2.79. The van der Waals surface area contributed by atoms with E-state index in [9.17, 15) is 13.2 Å². The first-order valence-electron chi connectivity index (χ1n) is 8.11. The largest absolute Gasteiger partial charge is 0.494 e. The molecule has 7 nitrogen and oxygen atoms in total. The molecule has 0 unspecified atom stereocenters. The molecule has 0 spiro atoms. The summed E-state index contributed by atoms with van der Waals surface area (Å²) in [6.45, 7) is 2.18. The number of benzene rings is 2. The van der Waals surface area contributed by atoms with E-state index in [0.29, 0.717) is 18.0 Å². The van der Waals surface area contributed by atoms with Crippen LogP contribution < -0.4 is 14.8 Å². The molecule has 1 amide bonds. The van der Waals surface area contributed by atoms with Crippen LogP contribution in [0.4, 0.5) is 5.69 Å². The molecule has 27 heavy (non-hydrogen) atoms. The third-order valence-corrected chi connectivity index (χ3v) is 5.60. The summed E-state index contributed by atoms with van der Waals surface area (Å²) in [5.74, 6) is 0.558. The number of nitrogens with one attached hydrogen (secondary N) is 1. The van der Waals surface area contributed by atoms with Gasteiger partial charge in [-0.15, -0.1) is 0 Å². The second-order valence-electron chi connectivity index (χ2n) is 5.67. The Bertz CT molecular complexity index is 898. The number of ether oxygens (including phenoxy) is 2. The summed E-state index contributed by atoms with van der Waals surface area (Å²) in [7, 11) is -0.733. The Hall–Kier alpha value is -2.29. The number of nitrogens with zero attached hydrogens (tertiary/aromatic N) is 1. The highest BCUT2D eigenvalue weighted by Gasteiger charge is 2.19. The molecule has 2 rings (SSSR count). The van der Waals surface area contributed by atoms with Gasteiger partial charge < -0.3 is 14.8 Å². The summed E-state index contributed by atoms with van der Waals surface area (Å²) >= 11 is 6.08. The molecular formula is C18H21ClN2O5S. The van der Waals surface area contributed by atoms with Crippen LogP contribution in [0.15, 0.2) is 47.4 Å². The van der Waals surface area contributed by atoms with Gasteiger partial charge in [-0.1, -0.05) is 11.6 Å². The number of carbonyl (C=O) groups is 1. The van der Waals surface area contributed by atoms with Gasteiger partial charge >= 0.3 is 0 Å². The van der Waals surface area contributed by atoms with Crippen LogP contribution in [0.3, 0.4) is 0 Å². The maximum absolute atomic E-state index is 12.1. The summed E-state index contributed by atoms with van der Waals surface area (Å²) in [5.41, 5.74) is 0.602. The van der Waals surface area contributed by atoms with Gasteiger partial charge in [-0.25, -0.2) is 12.7 Å². The van der Waals surface area contributed by atoms with Crippen LogP contribution in [0, 0.1) is 0 Å². The molecule has 0 aliphatic rings. The number of amides is 1. The van der Waals surface area contributed by atoms with Gasteiger partial charge in [0.05, 0.1) is 16.5 Å². The lowest BCUT2D eigenvalue weighted by Crippen LogP contribution is -2.22. The predicted molar refractivity (Wildman–Crippen MR) is 104 cm³/mol. The molecule has 2 aromatic carbocycles. The lowest BCUT2D eigenvalue weighted by Gasteiger charge is -2.13. The molecular weight excluding hydrogens is 392 g/mol. The van der Waals surface area contributed by atoms with Crippen molar-refractivity contribution in [3.63, 3.8) is 0 Å². The van der Waals surface area contributed by atoms with Gasteiger partial charge in [-0.2, -0.15) is 0 Å². The second kappa shape index (κ2) is 9.07. The van der Waals surface area contributed by atoms with Crippen LogP contribution in [0.25, 0.3) is 0 Å². The van der Waals surface area contributed by atoms with Crippen LogP contribution in [0.1, 0.15) is 6.92 Å². The fourth-order valence-electron chi connectivity index (χ4n) is 2.11. The standard InChI is InChI=1S/C18H21ClN2O5S/c1-4-25-14-7-5-13(6-8-14)20-18(22)12-26-17-10-9-15(11-16(17)19)27(23,24)21(2)3/h5-11H,4,12H2,1-3H3,(H,20,22). The van der Waals surface area contributed by atoms with E-state index in [1.807, 2.05) is 6.92 Å². The van der Waals surface area contributed by atoms with Crippen LogP contribution in [-0.2, 0) is 14.8 Å². The molecule has 0 saturated carbocycles. The molecule has 146 valence electrons. The van der Waals surface area contributed by atoms with Gasteiger partial charge in [0.25, 0.3) is 5.91 Å². The maximum atomic E-state index is 12.1. The number of hydrogen-bond acceptors (Lipinski definition) is 5. The number of rotatable bonds is 8. The number of sulfonamides is 1.